The largest absolute Gasteiger partial charge is 0.383 e. The minimum Gasteiger partial charge on any atom is -0.383 e. The quantitative estimate of drug-likeness (QED) is 0.814. The summed E-state index contributed by atoms with van der Waals surface area (Å²) < 4.78 is 13.2. The first-order valence-electron chi connectivity index (χ1n) is 5.05. The number of anilines is 1. The molecule has 0 amide bonds. The minimum absolute atomic E-state index is 0.173. The second kappa shape index (κ2) is 4.22. The van der Waals surface area contributed by atoms with Crippen LogP contribution in [0.3, 0.4) is 0 Å². The molecule has 3 nitrogen and oxygen atoms in total. The number of nitrogens with two attached hydrogens (primary N) is 1. The van der Waals surface area contributed by atoms with Crippen LogP contribution in [0.15, 0.2) is 30.3 Å². The molecule has 2 aromatic rings. The molecule has 0 fully saturated rings. The van der Waals surface area contributed by atoms with E-state index in [-0.39, 0.29) is 17.2 Å². The second-order valence-electron chi connectivity index (χ2n) is 3.69. The number of hydrogen-bond acceptors (Lipinski definition) is 3. The molecule has 2 N–H and O–H groups in total. The number of nitrogen functional groups attached to an aromatic ring is 1. The highest BCUT2D eigenvalue weighted by Crippen LogP contribution is 2.27. The molecular formula is C13H10FN3. The van der Waals surface area contributed by atoms with Crippen molar-refractivity contribution in [3.8, 4) is 17.2 Å². The van der Waals surface area contributed by atoms with Crippen molar-refractivity contribution in [3.63, 3.8) is 0 Å². The third kappa shape index (κ3) is 2.08. The maximum Gasteiger partial charge on any atom is 0.142 e. The molecule has 0 atom stereocenters. The number of rotatable bonds is 1. The van der Waals surface area contributed by atoms with E-state index in [1.54, 1.807) is 25.1 Å². The summed E-state index contributed by atoms with van der Waals surface area (Å²) in [5.74, 6) is -0.175. The predicted molar refractivity (Wildman–Crippen MR) is 63.5 cm³/mol. The van der Waals surface area contributed by atoms with Gasteiger partial charge in [-0.2, -0.15) is 5.26 Å². The van der Waals surface area contributed by atoms with Gasteiger partial charge in [0.05, 0.1) is 0 Å². The van der Waals surface area contributed by atoms with Gasteiger partial charge in [-0.05, 0) is 30.7 Å². The Morgan fingerprint density at radius 3 is 2.76 bits per heavy atom. The lowest BCUT2D eigenvalue weighted by atomic mass is 10.0. The molecular weight excluding hydrogens is 217 g/mol. The number of nitriles is 1. The monoisotopic (exact) mass is 227 g/mol. The van der Waals surface area contributed by atoms with E-state index < -0.39 is 0 Å². The van der Waals surface area contributed by atoms with Gasteiger partial charge in [0.15, 0.2) is 0 Å². The van der Waals surface area contributed by atoms with Crippen LogP contribution in [0.1, 0.15) is 11.3 Å². The van der Waals surface area contributed by atoms with Gasteiger partial charge in [-0.15, -0.1) is 0 Å². The lowest BCUT2D eigenvalue weighted by Gasteiger charge is -2.07. The summed E-state index contributed by atoms with van der Waals surface area (Å²) in [5.41, 5.74) is 7.89. The molecule has 17 heavy (non-hydrogen) atoms. The third-order valence-corrected chi connectivity index (χ3v) is 2.42. The van der Waals surface area contributed by atoms with Crippen LogP contribution in [-0.2, 0) is 0 Å². The van der Waals surface area contributed by atoms with Crippen LogP contribution in [0.5, 0.6) is 0 Å². The molecule has 0 aliphatic rings. The van der Waals surface area contributed by atoms with Crippen molar-refractivity contribution >= 4 is 5.82 Å². The van der Waals surface area contributed by atoms with Gasteiger partial charge in [-0.3, -0.25) is 0 Å². The van der Waals surface area contributed by atoms with E-state index in [4.69, 9.17) is 11.0 Å². The van der Waals surface area contributed by atoms with E-state index in [2.05, 4.69) is 4.98 Å². The van der Waals surface area contributed by atoms with Crippen LogP contribution in [0.2, 0.25) is 0 Å². The first-order chi connectivity index (χ1) is 8.11. The van der Waals surface area contributed by atoms with Crippen molar-refractivity contribution < 1.29 is 4.39 Å². The average molecular weight is 227 g/mol. The first kappa shape index (κ1) is 11.1. The minimum atomic E-state index is -0.348. The highest BCUT2D eigenvalue weighted by atomic mass is 19.1. The summed E-state index contributed by atoms with van der Waals surface area (Å²) in [5, 5.41) is 9.06. The van der Waals surface area contributed by atoms with E-state index in [0.717, 1.165) is 0 Å². The molecule has 0 saturated carbocycles. The van der Waals surface area contributed by atoms with E-state index in [1.165, 1.54) is 12.1 Å². The Balaban J connectivity index is 2.71. The van der Waals surface area contributed by atoms with Crippen LogP contribution in [0.25, 0.3) is 11.1 Å². The molecule has 0 saturated heterocycles. The summed E-state index contributed by atoms with van der Waals surface area (Å²) in [6.45, 7) is 1.78. The number of hydrogen-bond donors (Lipinski definition) is 1. The Kier molecular flexibility index (Phi) is 2.75. The zero-order valence-corrected chi connectivity index (χ0v) is 9.24. The summed E-state index contributed by atoms with van der Waals surface area (Å²) in [4.78, 5) is 4.01. The normalized spacial score (nSPS) is 9.94. The van der Waals surface area contributed by atoms with Gasteiger partial charge in [0.25, 0.3) is 0 Å². The Labute approximate surface area is 98.3 Å². The fraction of sp³-hybridized carbons (Fsp3) is 0.0769. The zero-order chi connectivity index (χ0) is 12.4. The smallest absolute Gasteiger partial charge is 0.142 e. The molecule has 2 rings (SSSR count). The number of aromatic nitrogens is 1. The van der Waals surface area contributed by atoms with Gasteiger partial charge in [0.2, 0.25) is 0 Å². The fourth-order valence-corrected chi connectivity index (χ4v) is 1.70. The number of benzene rings is 1. The molecule has 0 aliphatic heterocycles. The molecule has 0 spiro atoms. The van der Waals surface area contributed by atoms with Crippen LogP contribution < -0.4 is 5.73 Å². The van der Waals surface area contributed by atoms with Crippen LogP contribution in [-0.4, -0.2) is 4.98 Å². The SMILES string of the molecule is Cc1cc(-c2cccc(F)c2)c(C#N)c(N)n1. The molecule has 1 aromatic heterocycles. The van der Waals surface area contributed by atoms with Gasteiger partial charge in [0, 0.05) is 11.3 Å². The fourth-order valence-electron chi connectivity index (χ4n) is 1.70. The van der Waals surface area contributed by atoms with Crippen LogP contribution in [0, 0.1) is 24.1 Å². The highest BCUT2D eigenvalue weighted by molar-refractivity contribution is 5.75. The van der Waals surface area contributed by atoms with Gasteiger partial charge in [-0.1, -0.05) is 12.1 Å². The molecule has 1 aromatic carbocycles. The van der Waals surface area contributed by atoms with Crippen molar-refractivity contribution in [2.45, 2.75) is 6.92 Å². The van der Waals surface area contributed by atoms with Crippen LogP contribution in [0.4, 0.5) is 10.2 Å². The summed E-state index contributed by atoms with van der Waals surface area (Å²) in [6, 6.07) is 9.78. The molecule has 84 valence electrons. The number of halogens is 1. The lowest BCUT2D eigenvalue weighted by molar-refractivity contribution is 0.628. The number of aryl methyl sites for hydroxylation is 1. The molecule has 4 heteroatoms. The molecule has 0 aliphatic carbocycles. The van der Waals surface area contributed by atoms with Crippen molar-refractivity contribution in [1.82, 2.24) is 4.98 Å². The highest BCUT2D eigenvalue weighted by Gasteiger charge is 2.11. The standard InChI is InChI=1S/C13H10FN3/c1-8-5-11(12(7-15)13(16)17-8)9-3-2-4-10(14)6-9/h2-6H,1H3,(H2,16,17). The topological polar surface area (TPSA) is 62.7 Å². The van der Waals surface area contributed by atoms with Gasteiger partial charge in [0.1, 0.15) is 23.3 Å². The summed E-state index contributed by atoms with van der Waals surface area (Å²) in [6.07, 6.45) is 0. The molecule has 0 radical (unpaired) electrons. The van der Waals surface area contributed by atoms with Crippen LogP contribution >= 0.6 is 0 Å². The number of pyridine rings is 1. The Morgan fingerprint density at radius 2 is 2.12 bits per heavy atom. The van der Waals surface area contributed by atoms with Gasteiger partial charge in [-0.25, -0.2) is 9.37 Å². The van der Waals surface area contributed by atoms with Gasteiger partial charge >= 0.3 is 0 Å². The predicted octanol–water partition coefficient (Wildman–Crippen LogP) is 2.65. The Hall–Kier alpha value is -2.41. The lowest BCUT2D eigenvalue weighted by Crippen LogP contribution is -1.99. The summed E-state index contributed by atoms with van der Waals surface area (Å²) in [7, 11) is 0. The number of nitrogens with zero attached hydrogens (tertiary/aromatic N) is 2. The van der Waals surface area contributed by atoms with E-state index in [0.29, 0.717) is 16.8 Å². The summed E-state index contributed by atoms with van der Waals surface area (Å²) >= 11 is 0. The molecule has 0 bridgehead atoms. The molecule has 0 unspecified atom stereocenters. The van der Waals surface area contributed by atoms with E-state index in [1.807, 2.05) is 6.07 Å². The second-order valence-corrected chi connectivity index (χ2v) is 3.69. The van der Waals surface area contributed by atoms with E-state index in [9.17, 15) is 4.39 Å². The van der Waals surface area contributed by atoms with Crippen molar-refractivity contribution in [2.75, 3.05) is 5.73 Å². The van der Waals surface area contributed by atoms with Crippen molar-refractivity contribution in [3.05, 3.63) is 47.4 Å². The maximum absolute atomic E-state index is 13.2. The Bertz CT molecular complexity index is 615. The average Bonchev–Trinajstić information content (AvgIpc) is 2.28. The Morgan fingerprint density at radius 1 is 1.35 bits per heavy atom. The maximum atomic E-state index is 13.2. The zero-order valence-electron chi connectivity index (χ0n) is 9.24. The first-order valence-corrected chi connectivity index (χ1v) is 5.05. The van der Waals surface area contributed by atoms with Gasteiger partial charge < -0.3 is 5.73 Å². The van der Waals surface area contributed by atoms with Crippen molar-refractivity contribution in [1.29, 1.82) is 5.26 Å². The van der Waals surface area contributed by atoms with E-state index >= 15 is 0 Å². The molecule has 1 heterocycles. The third-order valence-electron chi connectivity index (χ3n) is 2.42. The van der Waals surface area contributed by atoms with Crippen molar-refractivity contribution in [2.24, 2.45) is 0 Å².